The number of carbonyl (C=O) groups excluding carboxylic acids is 1. The van der Waals surface area contributed by atoms with Crippen molar-refractivity contribution in [1.29, 1.82) is 5.26 Å². The fraction of sp³-hybridized carbons (Fsp3) is 0.500. The van der Waals surface area contributed by atoms with E-state index in [1.54, 1.807) is 0 Å². The van der Waals surface area contributed by atoms with Gasteiger partial charge in [-0.1, -0.05) is 48.5 Å². The molecule has 1 atom stereocenters. The van der Waals surface area contributed by atoms with Crippen molar-refractivity contribution < 1.29 is 4.79 Å². The average Bonchev–Trinajstić information content (AvgIpc) is 2.88. The number of nitrogens with zero attached hydrogens (tertiary/aromatic N) is 3. The Morgan fingerprint density at radius 3 is 2.14 bits per heavy atom. The zero-order chi connectivity index (χ0) is 24.8. The molecule has 0 radical (unpaired) electrons. The van der Waals surface area contributed by atoms with Gasteiger partial charge in [0.05, 0.1) is 11.6 Å². The van der Waals surface area contributed by atoms with Crippen LogP contribution in [0.3, 0.4) is 0 Å². The molecule has 0 bridgehead atoms. The van der Waals surface area contributed by atoms with Gasteiger partial charge in [0.2, 0.25) is 5.91 Å². The van der Waals surface area contributed by atoms with E-state index in [1.165, 1.54) is 11.1 Å². The maximum atomic E-state index is 12.8. The fourth-order valence-electron chi connectivity index (χ4n) is 4.91. The molecule has 1 saturated heterocycles. The third-order valence-corrected chi connectivity index (χ3v) is 7.96. The maximum absolute atomic E-state index is 12.8. The number of thiol groups is 1. The average molecular weight is 492 g/mol. The molecule has 35 heavy (non-hydrogen) atoms. The van der Waals surface area contributed by atoms with Crippen LogP contribution in [0, 0.1) is 11.3 Å². The second-order valence-corrected chi connectivity index (χ2v) is 11.0. The summed E-state index contributed by atoms with van der Waals surface area (Å²) in [5.41, 5.74) is 10.1. The number of hydrogen-bond acceptors (Lipinski definition) is 6. The first-order chi connectivity index (χ1) is 16.8. The largest absolute Gasteiger partial charge is 0.338 e. The SMILES string of the molecule is CN1CCN(Cc2ccc(-c3ccc(C[C@@H](C#N)NC(=O)C4(N)CCC(S)CC4)cc3)cc2)CC1. The lowest BCUT2D eigenvalue weighted by Gasteiger charge is -2.34. The topological polar surface area (TPSA) is 85.4 Å². The van der Waals surface area contributed by atoms with Crippen molar-refractivity contribution in [2.45, 2.75) is 55.5 Å². The molecule has 2 aromatic carbocycles. The molecule has 0 spiro atoms. The first kappa shape index (κ1) is 25.7. The quantitative estimate of drug-likeness (QED) is 0.518. The van der Waals surface area contributed by atoms with Gasteiger partial charge in [0, 0.05) is 44.4 Å². The van der Waals surface area contributed by atoms with Gasteiger partial charge in [-0.25, -0.2) is 0 Å². The lowest BCUT2D eigenvalue weighted by Crippen LogP contribution is -2.58. The third kappa shape index (κ3) is 6.86. The highest BCUT2D eigenvalue weighted by atomic mass is 32.1. The summed E-state index contributed by atoms with van der Waals surface area (Å²) in [5, 5.41) is 12.8. The van der Waals surface area contributed by atoms with Gasteiger partial charge in [0.25, 0.3) is 0 Å². The van der Waals surface area contributed by atoms with Crippen LogP contribution >= 0.6 is 12.6 Å². The van der Waals surface area contributed by atoms with Gasteiger partial charge in [0.15, 0.2) is 0 Å². The van der Waals surface area contributed by atoms with Crippen LogP contribution in [0.25, 0.3) is 11.1 Å². The van der Waals surface area contributed by atoms with Crippen LogP contribution in [0.4, 0.5) is 0 Å². The van der Waals surface area contributed by atoms with Crippen molar-refractivity contribution >= 4 is 18.5 Å². The number of amides is 1. The molecule has 0 aromatic heterocycles. The van der Waals surface area contributed by atoms with Crippen LogP contribution in [0.2, 0.25) is 0 Å². The lowest BCUT2D eigenvalue weighted by molar-refractivity contribution is -0.127. The molecule has 1 aliphatic carbocycles. The molecule has 0 unspecified atom stereocenters. The van der Waals surface area contributed by atoms with Crippen molar-refractivity contribution in [3.63, 3.8) is 0 Å². The predicted octanol–water partition coefficient (Wildman–Crippen LogP) is 3.22. The van der Waals surface area contributed by atoms with E-state index in [4.69, 9.17) is 5.73 Å². The number of benzene rings is 2. The normalized spacial score (nSPS) is 24.5. The summed E-state index contributed by atoms with van der Waals surface area (Å²) in [4.78, 5) is 17.7. The second-order valence-electron chi connectivity index (χ2n) is 10.2. The summed E-state index contributed by atoms with van der Waals surface area (Å²) in [6.45, 7) is 5.49. The zero-order valence-electron chi connectivity index (χ0n) is 20.6. The predicted molar refractivity (Wildman–Crippen MR) is 144 cm³/mol. The fourth-order valence-corrected chi connectivity index (χ4v) is 5.17. The highest BCUT2D eigenvalue weighted by Crippen LogP contribution is 2.29. The van der Waals surface area contributed by atoms with E-state index < -0.39 is 11.6 Å². The molecular formula is C28H37N5OS. The van der Waals surface area contributed by atoms with Crippen molar-refractivity contribution in [3.8, 4) is 17.2 Å². The Morgan fingerprint density at radius 1 is 1.06 bits per heavy atom. The Kier molecular flexibility index (Phi) is 8.51. The number of nitriles is 1. The standard InChI is InChI=1S/C28H37N5OS/c1-32-14-16-33(17-15-32)20-22-4-8-24(9-5-22)23-6-2-21(3-7-23)18-25(19-29)31-27(34)28(30)12-10-26(35)11-13-28/h2-9,25-26,35H,10-18,20,30H2,1H3,(H,31,34)/t25-,26?,28?/m0/s1. The number of likely N-dealkylation sites (N-methyl/N-ethyl adjacent to an activating group) is 1. The van der Waals surface area contributed by atoms with Gasteiger partial charge in [0.1, 0.15) is 6.04 Å². The molecule has 1 heterocycles. The maximum Gasteiger partial charge on any atom is 0.241 e. The van der Waals surface area contributed by atoms with Crippen LogP contribution in [-0.2, 0) is 17.8 Å². The number of piperazine rings is 1. The van der Waals surface area contributed by atoms with E-state index in [0.29, 0.717) is 24.5 Å². The molecular weight excluding hydrogens is 454 g/mol. The van der Waals surface area contributed by atoms with Crippen LogP contribution in [0.1, 0.15) is 36.8 Å². The molecule has 2 fully saturated rings. The first-order valence-corrected chi connectivity index (χ1v) is 13.1. The lowest BCUT2D eigenvalue weighted by atomic mass is 9.81. The Hall–Kier alpha value is -2.37. The minimum Gasteiger partial charge on any atom is -0.338 e. The van der Waals surface area contributed by atoms with Crippen molar-refractivity contribution in [1.82, 2.24) is 15.1 Å². The first-order valence-electron chi connectivity index (χ1n) is 12.6. The molecule has 1 amide bonds. The van der Waals surface area contributed by atoms with Crippen LogP contribution in [0.15, 0.2) is 48.5 Å². The molecule has 2 aliphatic rings. The zero-order valence-corrected chi connectivity index (χ0v) is 21.5. The Bertz CT molecular complexity index is 1020. The molecule has 4 rings (SSSR count). The van der Waals surface area contributed by atoms with Gasteiger partial charge in [-0.2, -0.15) is 17.9 Å². The number of nitrogens with one attached hydrogen (secondary N) is 1. The van der Waals surface area contributed by atoms with Crippen molar-refractivity contribution in [3.05, 3.63) is 59.7 Å². The van der Waals surface area contributed by atoms with Gasteiger partial charge >= 0.3 is 0 Å². The van der Waals surface area contributed by atoms with Gasteiger partial charge < -0.3 is 16.0 Å². The smallest absolute Gasteiger partial charge is 0.241 e. The number of carbonyl (C=O) groups is 1. The molecule has 2 aromatic rings. The summed E-state index contributed by atoms with van der Waals surface area (Å²) in [7, 11) is 2.18. The van der Waals surface area contributed by atoms with E-state index >= 15 is 0 Å². The van der Waals surface area contributed by atoms with Gasteiger partial charge in [-0.3, -0.25) is 9.69 Å². The molecule has 1 aliphatic heterocycles. The van der Waals surface area contributed by atoms with E-state index in [-0.39, 0.29) is 5.91 Å². The van der Waals surface area contributed by atoms with Crippen molar-refractivity contribution in [2.24, 2.45) is 5.73 Å². The molecule has 6 nitrogen and oxygen atoms in total. The highest BCUT2D eigenvalue weighted by Gasteiger charge is 2.38. The molecule has 1 saturated carbocycles. The summed E-state index contributed by atoms with van der Waals surface area (Å²) in [6.07, 6.45) is 3.31. The van der Waals surface area contributed by atoms with Crippen LogP contribution in [-0.4, -0.2) is 65.8 Å². The summed E-state index contributed by atoms with van der Waals surface area (Å²) >= 11 is 4.49. The summed E-state index contributed by atoms with van der Waals surface area (Å²) in [6, 6.07) is 18.7. The van der Waals surface area contributed by atoms with Gasteiger partial charge in [-0.05, 0) is 55.0 Å². The minimum atomic E-state index is -0.894. The number of rotatable bonds is 7. The molecule has 7 heteroatoms. The number of nitrogens with two attached hydrogens (primary N) is 1. The highest BCUT2D eigenvalue weighted by molar-refractivity contribution is 7.80. The Balaban J connectivity index is 1.31. The molecule has 186 valence electrons. The van der Waals surface area contributed by atoms with E-state index in [1.807, 2.05) is 12.1 Å². The summed E-state index contributed by atoms with van der Waals surface area (Å²) < 4.78 is 0. The van der Waals surface area contributed by atoms with E-state index in [0.717, 1.165) is 56.7 Å². The van der Waals surface area contributed by atoms with Crippen LogP contribution < -0.4 is 11.1 Å². The van der Waals surface area contributed by atoms with E-state index in [9.17, 15) is 10.1 Å². The number of hydrogen-bond donors (Lipinski definition) is 3. The monoisotopic (exact) mass is 491 g/mol. The summed E-state index contributed by atoms with van der Waals surface area (Å²) in [5.74, 6) is -0.224. The van der Waals surface area contributed by atoms with Gasteiger partial charge in [-0.15, -0.1) is 0 Å². The second kappa shape index (κ2) is 11.6. The minimum absolute atomic E-state index is 0.224. The molecule has 3 N–H and O–H groups in total. The third-order valence-electron chi connectivity index (χ3n) is 7.44. The van der Waals surface area contributed by atoms with Crippen molar-refractivity contribution in [2.75, 3.05) is 33.2 Å². The Labute approximate surface area is 214 Å². The van der Waals surface area contributed by atoms with Crippen LogP contribution in [0.5, 0.6) is 0 Å². The van der Waals surface area contributed by atoms with E-state index in [2.05, 4.69) is 77.3 Å². The Morgan fingerprint density at radius 2 is 1.60 bits per heavy atom.